The van der Waals surface area contributed by atoms with Gasteiger partial charge in [0.1, 0.15) is 48.5 Å². The van der Waals surface area contributed by atoms with Gasteiger partial charge in [-0.05, 0) is 188 Å². The van der Waals surface area contributed by atoms with E-state index in [4.69, 9.17) is 8.83 Å². The van der Waals surface area contributed by atoms with Crippen LogP contribution in [0.5, 0.6) is 0 Å². The Morgan fingerprint density at radius 3 is 1.36 bits per heavy atom. The van der Waals surface area contributed by atoms with E-state index in [-0.39, 0.29) is 0 Å². The number of H-pyrrole nitrogens is 2. The van der Waals surface area contributed by atoms with Crippen LogP contribution < -0.4 is 0 Å². The number of oxazole rings is 1. The van der Waals surface area contributed by atoms with Gasteiger partial charge in [0.2, 0.25) is 0 Å². The van der Waals surface area contributed by atoms with Gasteiger partial charge in [0.25, 0.3) is 0 Å². The fourth-order valence-corrected chi connectivity index (χ4v) is 14.4. The molecule has 762 valence electrons. The molecule has 11 aromatic heterocycles. The van der Waals surface area contributed by atoms with Crippen LogP contribution in [0.2, 0.25) is 0 Å². The zero-order valence-electron chi connectivity index (χ0n) is 93.3. The third-order valence-corrected chi connectivity index (χ3v) is 19.4. The largest absolute Gasteiger partial charge is 0.469 e. The molecule has 0 saturated heterocycles. The SMILES string of the molecule is C1=Cc2ccccc2C1.CC.CC.CC.CC.CC.CC.CC.CC.CC.CC.CC.CC.CC.CC.CC.CC.CC.CC.CC.CC.Cc1cncnn1.Cc1cnncn1.Cc1nccnn1.Cc1ncncn1.c1cc2c([nH]1)CCC2.c1cc2c(o1)CCC2.c1cc2c(s1)CCC2.c1nc2c([nH]1)CCC2.c1nc2c(o1)CCC2.c1nc2c(s1)CCC2.c1nc2c(s1)SCC2. The van der Waals surface area contributed by atoms with Crippen molar-refractivity contribution in [2.45, 2.75) is 437 Å². The van der Waals surface area contributed by atoms with E-state index < -0.39 is 0 Å². The van der Waals surface area contributed by atoms with Crippen molar-refractivity contribution in [3.63, 3.8) is 0 Å². The highest BCUT2D eigenvalue weighted by Gasteiger charge is 2.16. The first-order valence-electron chi connectivity index (χ1n) is 51.6. The van der Waals surface area contributed by atoms with Gasteiger partial charge in [0.05, 0.1) is 80.6 Å². The minimum absolute atomic E-state index is 0.711. The molecule has 2 N–H and O–H groups in total. The highest BCUT2D eigenvalue weighted by Crippen LogP contribution is 2.33. The number of rotatable bonds is 0. The standard InChI is InChI=1S/C9H8.C7H9N.C7H8O.C7H8S.C6H8N2.C6H7NO.C6H7NS.C5H5NS2.4C4H5N3.20C2H6/c1-2-5-9-7-3-6-8(9)4-1;3*1-2-6-4-5-8-7(6)3-1;3*1-2-5-6(3-1)8-4-7-5;1-2-7-5-4(1)6-3-8-5;1-4-6-2-5-3-7-4;1-4-2-6-7-3-5-4;1-4-2-5-3-6-7-4;1-4-5-2-3-6-7-4;20*1-2/h1-6H,7H2;4-5,8H,1-3H2;2*4-5H,1-3H2;4H,1-3H2,(H,7,8);2*4H,1-3H2;3H,1-2H2;4*2-3H,1H3;20*1-2H3. The van der Waals surface area contributed by atoms with Gasteiger partial charge in [-0.3, -0.25) is 0 Å². The Hall–Kier alpha value is -8.71. The molecule has 0 amide bonds. The summed E-state index contributed by atoms with van der Waals surface area (Å²) in [5.41, 5.74) is 21.0. The van der Waals surface area contributed by atoms with E-state index in [0.717, 1.165) is 48.7 Å². The van der Waals surface area contributed by atoms with E-state index in [1.165, 1.54) is 211 Å². The summed E-state index contributed by atoms with van der Waals surface area (Å²) < 4.78 is 11.7. The molecule has 1 aliphatic heterocycles. The predicted octanol–water partition coefficient (Wildman–Crippen LogP) is 34.5. The number of thiophene rings is 1. The number of imidazole rings is 1. The van der Waals surface area contributed by atoms with Crippen molar-refractivity contribution >= 4 is 51.8 Å². The summed E-state index contributed by atoms with van der Waals surface area (Å²) in [6, 6.07) is 15.0. The van der Waals surface area contributed by atoms with Crippen molar-refractivity contribution < 1.29 is 8.83 Å². The molecule has 0 spiro atoms. The van der Waals surface area contributed by atoms with Crippen LogP contribution >= 0.6 is 45.8 Å². The number of benzene rings is 1. The van der Waals surface area contributed by atoms with Crippen molar-refractivity contribution in [3.8, 4) is 0 Å². The summed E-state index contributed by atoms with van der Waals surface area (Å²) in [4.78, 5) is 48.5. The number of nitrogens with one attached hydrogen (secondary N) is 2. The quantitative estimate of drug-likeness (QED) is 0.143. The number of thiazole rings is 2. The molecule has 0 radical (unpaired) electrons. The van der Waals surface area contributed by atoms with Crippen LogP contribution in [-0.2, 0) is 89.9 Å². The molecular formula is C109H200N18O2S4. The average molecular weight is 1920 g/mol. The number of hydrogen-bond donors (Lipinski definition) is 2. The minimum atomic E-state index is 0.711. The lowest BCUT2D eigenvalue weighted by Gasteiger charge is -1.93. The number of aromatic amines is 2. The number of furan rings is 1. The minimum Gasteiger partial charge on any atom is -0.469 e. The van der Waals surface area contributed by atoms with E-state index >= 15 is 0 Å². The predicted molar refractivity (Wildman–Crippen MR) is 594 cm³/mol. The van der Waals surface area contributed by atoms with Crippen molar-refractivity contribution in [3.05, 3.63) is 247 Å². The lowest BCUT2D eigenvalue weighted by atomic mass is 10.1. The third kappa shape index (κ3) is 78.2. The third-order valence-electron chi connectivity index (χ3n) is 15.2. The van der Waals surface area contributed by atoms with Crippen molar-refractivity contribution in [1.29, 1.82) is 0 Å². The number of nitrogens with zero attached hydrogens (tertiary/aromatic N) is 16. The fraction of sp³-hybridized carbons (Fsp3) is 0.596. The van der Waals surface area contributed by atoms with Gasteiger partial charge >= 0.3 is 0 Å². The Morgan fingerprint density at radius 2 is 0.872 bits per heavy atom. The maximum absolute atomic E-state index is 5.18. The summed E-state index contributed by atoms with van der Waals surface area (Å²) in [7, 11) is 0. The zero-order chi connectivity index (χ0) is 104. The van der Waals surface area contributed by atoms with Crippen LogP contribution in [0.3, 0.4) is 0 Å². The first kappa shape index (κ1) is 150. The second kappa shape index (κ2) is 127. The van der Waals surface area contributed by atoms with Crippen LogP contribution in [-0.4, -0.2) is 96.2 Å². The van der Waals surface area contributed by atoms with Crippen LogP contribution in [0.4, 0.5) is 0 Å². The topological polar surface area (TPSA) is 264 Å². The second-order valence-corrected chi connectivity index (χ2v) is 26.1. The lowest BCUT2D eigenvalue weighted by molar-refractivity contribution is 0.508. The van der Waals surface area contributed by atoms with Crippen LogP contribution in [0.25, 0.3) is 6.08 Å². The molecule has 24 heteroatoms. The molecule has 0 bridgehead atoms. The van der Waals surface area contributed by atoms with Crippen LogP contribution in [0, 0.1) is 27.7 Å². The summed E-state index contributed by atoms with van der Waals surface area (Å²) in [6.45, 7) is 87.3. The van der Waals surface area contributed by atoms with Crippen LogP contribution in [0.1, 0.15) is 422 Å². The van der Waals surface area contributed by atoms with Crippen molar-refractivity contribution in [2.24, 2.45) is 0 Å². The molecule has 0 fully saturated rings. The molecule has 8 aliphatic rings. The maximum atomic E-state index is 5.18. The van der Waals surface area contributed by atoms with Gasteiger partial charge in [0, 0.05) is 58.6 Å². The summed E-state index contributed by atoms with van der Waals surface area (Å²) in [6.07, 6.45) is 48.6. The normalized spacial score (nSPS) is 10.6. The molecule has 7 aliphatic carbocycles. The molecule has 1 aromatic carbocycles. The molecule has 12 aromatic rings. The van der Waals surface area contributed by atoms with E-state index in [0.29, 0.717) is 5.82 Å². The Morgan fingerprint density at radius 1 is 0.331 bits per heavy atom. The maximum Gasteiger partial charge on any atom is 0.181 e. The van der Waals surface area contributed by atoms with Gasteiger partial charge in [-0.1, -0.05) is 313 Å². The lowest BCUT2D eigenvalue weighted by Crippen LogP contribution is -1.85. The molecule has 20 rings (SSSR count). The Bertz CT molecular complexity index is 3300. The van der Waals surface area contributed by atoms with Gasteiger partial charge in [0.15, 0.2) is 6.39 Å². The first-order chi connectivity index (χ1) is 65.8. The van der Waals surface area contributed by atoms with E-state index in [1.54, 1.807) is 77.4 Å². The van der Waals surface area contributed by atoms with Gasteiger partial charge in [-0.15, -0.1) is 61.1 Å². The number of aryl methyl sites for hydroxylation is 17. The molecular weight excluding hydrogens is 1720 g/mol. The molecule has 0 saturated carbocycles. The molecule has 20 nitrogen and oxygen atoms in total. The second-order valence-electron chi connectivity index (χ2n) is 22.0. The van der Waals surface area contributed by atoms with E-state index in [2.05, 4.69) is 150 Å². The molecule has 133 heavy (non-hydrogen) atoms. The molecule has 12 heterocycles. The smallest absolute Gasteiger partial charge is 0.181 e. The number of hydrogen-bond acceptors (Lipinski definition) is 22. The Labute approximate surface area is 834 Å². The van der Waals surface area contributed by atoms with Gasteiger partial charge < -0.3 is 18.8 Å². The highest BCUT2D eigenvalue weighted by atomic mass is 32.2. The van der Waals surface area contributed by atoms with E-state index in [1.807, 2.05) is 338 Å². The Kier molecular flexibility index (Phi) is 144. The van der Waals surface area contributed by atoms with Crippen molar-refractivity contribution in [1.82, 2.24) is 90.4 Å². The fourth-order valence-electron chi connectivity index (χ4n) is 10.5. The van der Waals surface area contributed by atoms with Crippen molar-refractivity contribution in [2.75, 3.05) is 5.75 Å². The first-order valence-corrected chi connectivity index (χ1v) is 55.2. The van der Waals surface area contributed by atoms with Crippen LogP contribution in [0.15, 0.2) is 153 Å². The summed E-state index contributed by atoms with van der Waals surface area (Å²) in [5, 5.41) is 23.6. The van der Waals surface area contributed by atoms with Gasteiger partial charge in [-0.2, -0.15) is 15.3 Å². The summed E-state index contributed by atoms with van der Waals surface area (Å²) >= 11 is 7.41. The number of fused-ring (bicyclic) bond motifs is 8. The highest BCUT2D eigenvalue weighted by molar-refractivity contribution is 8.01. The van der Waals surface area contributed by atoms with Gasteiger partial charge in [-0.25, -0.2) is 49.8 Å². The Balaban J connectivity index is -0.000000116. The monoisotopic (exact) mass is 1920 g/mol. The average Bonchev–Trinajstić information content (AvgIpc) is 1.83. The number of aromatic nitrogens is 18. The number of allylic oxidation sites excluding steroid dienone is 1. The van der Waals surface area contributed by atoms with E-state index in [9.17, 15) is 0 Å². The summed E-state index contributed by atoms with van der Waals surface area (Å²) in [5.74, 6) is 5.03. The molecule has 0 unspecified atom stereocenters. The molecule has 0 atom stereocenters. The number of thioether (sulfide) groups is 1. The zero-order valence-corrected chi connectivity index (χ0v) is 96.6.